The number of carbonyl (C=O) groups excluding carboxylic acids is 3. The predicted molar refractivity (Wildman–Crippen MR) is 98.8 cm³/mol. The van der Waals surface area contributed by atoms with Crippen molar-refractivity contribution in [2.75, 3.05) is 19.6 Å². The van der Waals surface area contributed by atoms with Gasteiger partial charge in [0, 0.05) is 13.1 Å². The van der Waals surface area contributed by atoms with Crippen LogP contribution in [0.15, 0.2) is 0 Å². The number of urea groups is 1. The van der Waals surface area contributed by atoms with Gasteiger partial charge in [-0.05, 0) is 40.0 Å². The van der Waals surface area contributed by atoms with Crippen molar-refractivity contribution in [3.8, 4) is 0 Å². The lowest BCUT2D eigenvalue weighted by Gasteiger charge is -2.29. The topological polar surface area (TPSA) is 155 Å². The van der Waals surface area contributed by atoms with E-state index in [0.29, 0.717) is 24.4 Å². The summed E-state index contributed by atoms with van der Waals surface area (Å²) in [7, 11) is -4.85. The molecule has 0 spiro atoms. The van der Waals surface area contributed by atoms with Crippen molar-refractivity contribution in [3.05, 3.63) is 0 Å². The molecule has 0 aliphatic carbocycles. The summed E-state index contributed by atoms with van der Waals surface area (Å²) >= 11 is 0. The number of hydrogen-bond acceptors (Lipinski definition) is 8. The number of likely N-dealkylation sites (tertiary alicyclic amines) is 1. The first-order valence-corrected chi connectivity index (χ1v) is 10.9. The van der Waals surface area contributed by atoms with Crippen LogP contribution in [-0.2, 0) is 29.1 Å². The minimum Gasteiger partial charge on any atom is -0.444 e. The maximum atomic E-state index is 12.5. The van der Waals surface area contributed by atoms with Gasteiger partial charge in [0.1, 0.15) is 17.7 Å². The second-order valence-electron chi connectivity index (χ2n) is 8.43. The van der Waals surface area contributed by atoms with E-state index in [4.69, 9.17) is 14.1 Å². The highest BCUT2D eigenvalue weighted by atomic mass is 32.3. The quantitative estimate of drug-likeness (QED) is 0.436. The minimum atomic E-state index is -4.85. The van der Waals surface area contributed by atoms with E-state index >= 15 is 0 Å². The summed E-state index contributed by atoms with van der Waals surface area (Å²) in [6, 6.07) is -2.28. The first-order chi connectivity index (χ1) is 13.8. The number of fused-ring (bicyclic) bond motifs is 2. The van der Waals surface area contributed by atoms with Crippen LogP contribution in [0.25, 0.3) is 0 Å². The fourth-order valence-corrected chi connectivity index (χ4v) is 4.02. The molecule has 3 heterocycles. The summed E-state index contributed by atoms with van der Waals surface area (Å²) in [5, 5.41) is 0.569. The van der Waals surface area contributed by atoms with Gasteiger partial charge < -0.3 is 14.5 Å². The standard InChI is InChI=1S/C16H26N4O9S/c1-16(2,3)27-15(23)18-7-6-11(9-18)28-17-13(21)12-5-4-10-8-19(12)14(22)20(10)29-30(24,25)26/h10-12H,4-9H2,1-3H3,(H,17,21)(H,24,25,26)/t10?,11?,12-/m0/s1. The Morgan fingerprint density at radius 3 is 2.50 bits per heavy atom. The van der Waals surface area contributed by atoms with Crippen LogP contribution in [0, 0.1) is 0 Å². The lowest BCUT2D eigenvalue weighted by molar-refractivity contribution is -0.143. The Morgan fingerprint density at radius 1 is 1.17 bits per heavy atom. The van der Waals surface area contributed by atoms with Gasteiger partial charge in [0.15, 0.2) is 0 Å². The second-order valence-corrected chi connectivity index (χ2v) is 9.44. The monoisotopic (exact) mass is 450 g/mol. The van der Waals surface area contributed by atoms with Gasteiger partial charge in [-0.2, -0.15) is 13.5 Å². The average Bonchev–Trinajstić information content (AvgIpc) is 3.17. The van der Waals surface area contributed by atoms with Crippen molar-refractivity contribution in [3.63, 3.8) is 0 Å². The SMILES string of the molecule is CC(C)(C)OC(=O)N1CCC(ONC(=O)[C@@H]2CCC3CN2C(=O)N3OS(=O)(=O)O)C1. The number of carbonyl (C=O) groups is 3. The first kappa shape index (κ1) is 22.5. The molecule has 3 saturated heterocycles. The van der Waals surface area contributed by atoms with Crippen molar-refractivity contribution in [1.82, 2.24) is 20.3 Å². The zero-order valence-electron chi connectivity index (χ0n) is 16.9. The van der Waals surface area contributed by atoms with E-state index in [9.17, 15) is 22.8 Å². The Balaban J connectivity index is 1.49. The van der Waals surface area contributed by atoms with E-state index in [1.54, 1.807) is 20.8 Å². The van der Waals surface area contributed by atoms with Crippen LogP contribution in [0.2, 0.25) is 0 Å². The van der Waals surface area contributed by atoms with Crippen molar-refractivity contribution in [1.29, 1.82) is 0 Å². The van der Waals surface area contributed by atoms with Gasteiger partial charge in [-0.25, -0.2) is 15.1 Å². The molecule has 0 saturated carbocycles. The Kier molecular flexibility index (Phi) is 6.13. The Hall–Kier alpha value is -2.16. The normalized spacial score (nSPS) is 26.9. The highest BCUT2D eigenvalue weighted by molar-refractivity contribution is 7.80. The number of hydroxylamine groups is 3. The maximum Gasteiger partial charge on any atom is 0.418 e. The van der Waals surface area contributed by atoms with Crippen molar-refractivity contribution in [2.45, 2.75) is 63.8 Å². The molecule has 170 valence electrons. The molecule has 3 aliphatic rings. The molecule has 0 aromatic heterocycles. The number of ether oxygens (including phenoxy) is 1. The number of nitrogens with zero attached hydrogens (tertiary/aromatic N) is 3. The van der Waals surface area contributed by atoms with Gasteiger partial charge in [-0.3, -0.25) is 14.2 Å². The van der Waals surface area contributed by atoms with Crippen LogP contribution >= 0.6 is 0 Å². The number of nitrogens with one attached hydrogen (secondary N) is 1. The molecule has 3 aliphatic heterocycles. The van der Waals surface area contributed by atoms with Gasteiger partial charge >= 0.3 is 22.5 Å². The summed E-state index contributed by atoms with van der Waals surface area (Å²) in [5.41, 5.74) is 1.72. The minimum absolute atomic E-state index is 0.0856. The molecule has 3 atom stereocenters. The molecular formula is C16H26N4O9S. The van der Waals surface area contributed by atoms with Crippen molar-refractivity contribution >= 4 is 28.4 Å². The molecule has 3 fully saturated rings. The van der Waals surface area contributed by atoms with E-state index in [1.807, 2.05) is 0 Å². The van der Waals surface area contributed by atoms with E-state index in [1.165, 1.54) is 9.80 Å². The largest absolute Gasteiger partial charge is 0.444 e. The van der Waals surface area contributed by atoms with E-state index in [0.717, 1.165) is 0 Å². The van der Waals surface area contributed by atoms with E-state index in [-0.39, 0.29) is 19.5 Å². The second kappa shape index (κ2) is 8.17. The summed E-state index contributed by atoms with van der Waals surface area (Å²) < 4.78 is 40.3. The fourth-order valence-electron chi connectivity index (χ4n) is 3.63. The van der Waals surface area contributed by atoms with Crippen LogP contribution in [0.1, 0.15) is 40.0 Å². The zero-order chi connectivity index (χ0) is 22.3. The zero-order valence-corrected chi connectivity index (χ0v) is 17.8. The van der Waals surface area contributed by atoms with Gasteiger partial charge in [-0.1, -0.05) is 0 Å². The van der Waals surface area contributed by atoms with Gasteiger partial charge in [0.05, 0.1) is 12.6 Å². The molecule has 3 rings (SSSR count). The molecule has 2 bridgehead atoms. The lowest BCUT2D eigenvalue weighted by Crippen LogP contribution is -2.50. The van der Waals surface area contributed by atoms with Gasteiger partial charge in [0.2, 0.25) is 0 Å². The molecule has 30 heavy (non-hydrogen) atoms. The molecule has 0 aromatic carbocycles. The highest BCUT2D eigenvalue weighted by Gasteiger charge is 2.49. The van der Waals surface area contributed by atoms with Crippen LogP contribution in [0.5, 0.6) is 0 Å². The van der Waals surface area contributed by atoms with Crippen LogP contribution in [-0.4, -0.2) is 89.3 Å². The fraction of sp³-hybridized carbons (Fsp3) is 0.812. The lowest BCUT2D eigenvalue weighted by atomic mass is 10.0. The summed E-state index contributed by atoms with van der Waals surface area (Å²) in [4.78, 5) is 45.0. The number of hydrogen-bond donors (Lipinski definition) is 2. The molecule has 13 nitrogen and oxygen atoms in total. The highest BCUT2D eigenvalue weighted by Crippen LogP contribution is 2.30. The molecular weight excluding hydrogens is 424 g/mol. The molecule has 4 amide bonds. The molecule has 0 aromatic rings. The van der Waals surface area contributed by atoms with E-state index < -0.39 is 52.2 Å². The van der Waals surface area contributed by atoms with Gasteiger partial charge in [0.25, 0.3) is 5.91 Å². The molecule has 2 unspecified atom stereocenters. The Morgan fingerprint density at radius 2 is 1.87 bits per heavy atom. The third kappa shape index (κ3) is 5.30. The number of piperidine rings is 1. The summed E-state index contributed by atoms with van der Waals surface area (Å²) in [6.45, 7) is 6.07. The summed E-state index contributed by atoms with van der Waals surface area (Å²) in [6.07, 6.45) is 0.202. The first-order valence-electron chi connectivity index (χ1n) is 9.54. The molecule has 0 radical (unpaired) electrons. The average molecular weight is 450 g/mol. The van der Waals surface area contributed by atoms with Crippen LogP contribution in [0.3, 0.4) is 0 Å². The number of rotatable bonds is 5. The van der Waals surface area contributed by atoms with Crippen molar-refractivity contribution < 1.29 is 41.2 Å². The molecule has 2 N–H and O–H groups in total. The maximum absolute atomic E-state index is 12.5. The third-order valence-corrected chi connectivity index (χ3v) is 5.27. The Labute approximate surface area is 174 Å². The number of amides is 4. The third-order valence-electron chi connectivity index (χ3n) is 4.92. The van der Waals surface area contributed by atoms with Gasteiger partial charge in [-0.15, -0.1) is 4.28 Å². The predicted octanol–water partition coefficient (Wildman–Crippen LogP) is 0.0466. The smallest absolute Gasteiger partial charge is 0.418 e. The Bertz CT molecular complexity index is 812. The van der Waals surface area contributed by atoms with Crippen LogP contribution in [0.4, 0.5) is 9.59 Å². The summed E-state index contributed by atoms with van der Waals surface area (Å²) in [5.74, 6) is -0.564. The van der Waals surface area contributed by atoms with Crippen molar-refractivity contribution in [2.24, 2.45) is 0 Å². The molecule has 14 heteroatoms. The van der Waals surface area contributed by atoms with E-state index in [2.05, 4.69) is 9.76 Å². The van der Waals surface area contributed by atoms with Crippen LogP contribution < -0.4 is 5.48 Å².